The fourth-order valence-electron chi connectivity index (χ4n) is 4.80. The third kappa shape index (κ3) is 13.0. The minimum absolute atomic E-state index is 0. The van der Waals surface area contributed by atoms with Crippen molar-refractivity contribution in [2.75, 3.05) is 0 Å². The van der Waals surface area contributed by atoms with Gasteiger partial charge in [-0.15, -0.1) is 23.3 Å². The van der Waals surface area contributed by atoms with E-state index in [0.29, 0.717) is 11.5 Å². The van der Waals surface area contributed by atoms with Crippen LogP contribution in [0.1, 0.15) is 114 Å². The second-order valence-electron chi connectivity index (χ2n) is 12.4. The second-order valence-corrected chi connectivity index (χ2v) is 12.4. The summed E-state index contributed by atoms with van der Waals surface area (Å²) in [5.74, 6) is 1.54. The van der Waals surface area contributed by atoms with Gasteiger partial charge >= 0.3 is 0 Å². The molecule has 0 radical (unpaired) electrons. The quantitative estimate of drug-likeness (QED) is 0.271. The molecule has 39 heavy (non-hydrogen) atoms. The van der Waals surface area contributed by atoms with E-state index in [1.165, 1.54) is 48.8 Å². The largest absolute Gasteiger partial charge is 0.376 e. The predicted molar refractivity (Wildman–Crippen MR) is 163 cm³/mol. The number of allylic oxidation sites excluding steroid dienone is 4. The third-order valence-corrected chi connectivity index (χ3v) is 7.04. The molecule has 0 spiro atoms. The molecule has 212 valence electrons. The van der Waals surface area contributed by atoms with E-state index in [1.807, 2.05) is 31.4 Å². The summed E-state index contributed by atoms with van der Waals surface area (Å²) in [4.78, 5) is 10.9. The third-order valence-electron chi connectivity index (χ3n) is 7.04. The molecule has 0 N–H and O–H groups in total. The van der Waals surface area contributed by atoms with Crippen LogP contribution in [0.15, 0.2) is 54.1 Å². The Morgan fingerprint density at radius 2 is 1.62 bits per heavy atom. The number of rotatable bonds is 7. The van der Waals surface area contributed by atoms with Crippen LogP contribution >= 0.6 is 0 Å². The van der Waals surface area contributed by atoms with Crippen LogP contribution in [0.4, 0.5) is 4.39 Å². The second kappa shape index (κ2) is 17.7. The van der Waals surface area contributed by atoms with Gasteiger partial charge in [-0.05, 0) is 90.2 Å². The minimum atomic E-state index is -0.0956. The Hall–Kier alpha value is -1.10. The van der Waals surface area contributed by atoms with Gasteiger partial charge in [-0.1, -0.05) is 92.0 Å². The molecule has 0 aliphatic heterocycles. The van der Waals surface area contributed by atoms with Gasteiger partial charge in [0.15, 0.2) is 0 Å². The summed E-state index contributed by atoms with van der Waals surface area (Å²) in [5.41, 5.74) is 7.86. The smallest absolute Gasteiger partial charge is 0.126 e. The average Bonchev–Trinajstić information content (AvgIpc) is 3.69. The first-order chi connectivity index (χ1) is 18.0. The van der Waals surface area contributed by atoms with Gasteiger partial charge in [-0.3, -0.25) is 0 Å². The SMILES string of the molecule is CCC.Cc1cc(C2=CCCC=C2C(C)CCC2CC2)ccc1[C-]=O.Cc1ccc(CC(C)(C)C)cc1F.[Ce]. The molecule has 1 saturated carbocycles. The van der Waals surface area contributed by atoms with Crippen LogP contribution in [0.3, 0.4) is 0 Å². The van der Waals surface area contributed by atoms with Crippen molar-refractivity contribution < 1.29 is 50.9 Å². The first kappa shape index (κ1) is 35.9. The Kier molecular flexibility index (Phi) is 16.3. The van der Waals surface area contributed by atoms with E-state index < -0.39 is 0 Å². The van der Waals surface area contributed by atoms with Crippen molar-refractivity contribution in [1.29, 1.82) is 0 Å². The Morgan fingerprint density at radius 3 is 2.15 bits per heavy atom. The molecule has 0 saturated heterocycles. The average molecular weight is 658 g/mol. The summed E-state index contributed by atoms with van der Waals surface area (Å²) < 4.78 is 13.2. The van der Waals surface area contributed by atoms with Gasteiger partial charge in [-0.25, -0.2) is 4.39 Å². The van der Waals surface area contributed by atoms with Crippen molar-refractivity contribution in [3.05, 3.63) is 87.8 Å². The van der Waals surface area contributed by atoms with Crippen LogP contribution in [0.2, 0.25) is 0 Å². The zero-order chi connectivity index (χ0) is 28.3. The van der Waals surface area contributed by atoms with Crippen LogP contribution in [-0.2, 0) is 11.2 Å². The van der Waals surface area contributed by atoms with Crippen LogP contribution in [0.25, 0.3) is 5.57 Å². The van der Waals surface area contributed by atoms with Gasteiger partial charge in [0.2, 0.25) is 0 Å². The van der Waals surface area contributed by atoms with Gasteiger partial charge in [0, 0.05) is 41.7 Å². The maximum Gasteiger partial charge on any atom is 0.126 e. The Labute approximate surface area is 272 Å². The van der Waals surface area contributed by atoms with E-state index in [4.69, 9.17) is 0 Å². The predicted octanol–water partition coefficient (Wildman–Crippen LogP) is 10.5. The Bertz CT molecular complexity index is 1100. The van der Waals surface area contributed by atoms with Gasteiger partial charge in [0.05, 0.1) is 6.29 Å². The van der Waals surface area contributed by atoms with Gasteiger partial charge < -0.3 is 4.79 Å². The normalized spacial score (nSPS) is 15.3. The number of carbonyl (C=O) groups excluding carboxylic acids is 1. The van der Waals surface area contributed by atoms with Crippen molar-refractivity contribution in [3.63, 3.8) is 0 Å². The fourth-order valence-corrected chi connectivity index (χ4v) is 4.80. The minimum Gasteiger partial charge on any atom is -0.376 e. The van der Waals surface area contributed by atoms with Crippen LogP contribution in [-0.4, -0.2) is 6.29 Å². The van der Waals surface area contributed by atoms with Crippen molar-refractivity contribution in [2.45, 2.75) is 107 Å². The zero-order valence-corrected chi connectivity index (χ0v) is 28.9. The molecule has 0 heterocycles. The zero-order valence-electron chi connectivity index (χ0n) is 25.7. The summed E-state index contributed by atoms with van der Waals surface area (Å²) in [7, 11) is 0. The summed E-state index contributed by atoms with van der Waals surface area (Å²) in [6.07, 6.45) is 16.8. The molecule has 2 aromatic rings. The van der Waals surface area contributed by atoms with Crippen LogP contribution in [0, 0.1) is 78.7 Å². The molecule has 0 bridgehead atoms. The van der Waals surface area contributed by atoms with Gasteiger partial charge in [0.25, 0.3) is 0 Å². The molecule has 2 aliphatic rings. The van der Waals surface area contributed by atoms with Crippen LogP contribution in [0.5, 0.6) is 0 Å². The van der Waals surface area contributed by atoms with Gasteiger partial charge in [0.1, 0.15) is 5.82 Å². The summed E-state index contributed by atoms with van der Waals surface area (Å²) in [6, 6.07) is 11.6. The van der Waals surface area contributed by atoms with Crippen molar-refractivity contribution in [2.24, 2.45) is 17.3 Å². The number of hydrogen-bond acceptors (Lipinski definition) is 1. The molecule has 0 amide bonds. The standard InChI is InChI=1S/C21H25O.C12H17F.C3H8.Ce/c1-15(7-8-17-9-10-17)20-5-3-4-6-21(20)18-11-12-19(14-22)16(2)13-18;1-9-5-6-10(7-11(9)13)8-12(2,3)4;1-3-2;/h5-6,11-13,15,17H,3-4,7-10H2,1-2H3;5-7H,8H2,1-4H3;3H2,1-2H3;/q-1;;;. The van der Waals surface area contributed by atoms with Crippen molar-refractivity contribution in [3.8, 4) is 0 Å². The maximum atomic E-state index is 13.2. The molecule has 1 nitrogen and oxygen atoms in total. The first-order valence-electron chi connectivity index (χ1n) is 14.6. The molecule has 1 fully saturated rings. The van der Waals surface area contributed by atoms with E-state index in [-0.39, 0.29) is 53.0 Å². The molecule has 1 atom stereocenters. The number of halogens is 1. The molecule has 0 aromatic heterocycles. The van der Waals surface area contributed by atoms with E-state index in [9.17, 15) is 9.18 Å². The maximum absolute atomic E-state index is 13.2. The van der Waals surface area contributed by atoms with Crippen molar-refractivity contribution >= 4 is 11.9 Å². The monoisotopic (exact) mass is 657 g/mol. The molecule has 2 aromatic carbocycles. The van der Waals surface area contributed by atoms with Crippen molar-refractivity contribution in [1.82, 2.24) is 0 Å². The topological polar surface area (TPSA) is 17.1 Å². The van der Waals surface area contributed by atoms with Crippen LogP contribution < -0.4 is 0 Å². The number of benzene rings is 2. The molecular formula is C36H50CeFO-. The Balaban J connectivity index is 0.000000384. The fraction of sp³-hybridized carbons (Fsp3) is 0.528. The van der Waals surface area contributed by atoms with E-state index in [0.717, 1.165) is 41.9 Å². The summed E-state index contributed by atoms with van der Waals surface area (Å²) in [6.45, 7) is 16.9. The Morgan fingerprint density at radius 1 is 0.974 bits per heavy atom. The molecule has 2 aliphatic carbocycles. The first-order valence-corrected chi connectivity index (χ1v) is 14.6. The van der Waals surface area contributed by atoms with E-state index in [2.05, 4.69) is 65.8 Å². The van der Waals surface area contributed by atoms with E-state index in [1.54, 1.807) is 13.0 Å². The van der Waals surface area contributed by atoms with E-state index >= 15 is 0 Å². The molecular weight excluding hydrogens is 608 g/mol. The molecule has 4 rings (SSSR count). The summed E-state index contributed by atoms with van der Waals surface area (Å²) in [5, 5.41) is 0. The summed E-state index contributed by atoms with van der Waals surface area (Å²) >= 11 is 0. The number of hydrogen-bond donors (Lipinski definition) is 0. The molecule has 3 heteroatoms. The van der Waals surface area contributed by atoms with Gasteiger partial charge in [-0.2, -0.15) is 6.07 Å². The number of aryl methyl sites for hydroxylation is 2. The molecule has 1 unspecified atom stereocenters.